The molecular weight excluding hydrogens is 446 g/mol. The lowest BCUT2D eigenvalue weighted by Gasteiger charge is -2.19. The van der Waals surface area contributed by atoms with Gasteiger partial charge < -0.3 is 9.88 Å². The van der Waals surface area contributed by atoms with Crippen molar-refractivity contribution in [3.8, 4) is 11.4 Å². The van der Waals surface area contributed by atoms with Crippen LogP contribution in [0.1, 0.15) is 19.4 Å². The lowest BCUT2D eigenvalue weighted by molar-refractivity contribution is -0.113. The quantitative estimate of drug-likeness (QED) is 0.478. The highest BCUT2D eigenvalue weighted by Crippen LogP contribution is 2.25. The number of aromatic nitrogens is 3. The van der Waals surface area contributed by atoms with Crippen molar-refractivity contribution in [2.24, 2.45) is 7.05 Å². The molecule has 1 heterocycles. The first-order valence-electron chi connectivity index (χ1n) is 10.3. The number of nitrogens with zero attached hydrogens (tertiary/aromatic N) is 4. The van der Waals surface area contributed by atoms with Crippen LogP contribution in [0.2, 0.25) is 0 Å². The summed E-state index contributed by atoms with van der Waals surface area (Å²) < 4.78 is 28.8. The summed E-state index contributed by atoms with van der Waals surface area (Å²) in [5, 5.41) is 11.9. The molecule has 0 bridgehead atoms. The Morgan fingerprint density at radius 3 is 2.44 bits per heavy atom. The molecule has 8 nitrogen and oxygen atoms in total. The van der Waals surface area contributed by atoms with Crippen molar-refractivity contribution in [1.29, 1.82) is 0 Å². The van der Waals surface area contributed by atoms with Gasteiger partial charge in [-0.15, -0.1) is 10.2 Å². The van der Waals surface area contributed by atoms with Gasteiger partial charge in [0.25, 0.3) is 0 Å². The Morgan fingerprint density at radius 1 is 1.09 bits per heavy atom. The Labute approximate surface area is 193 Å². The van der Waals surface area contributed by atoms with Gasteiger partial charge in [0, 0.05) is 31.4 Å². The number of sulfonamides is 1. The number of rotatable bonds is 9. The molecule has 3 rings (SSSR count). The molecule has 1 aromatic heterocycles. The summed E-state index contributed by atoms with van der Waals surface area (Å²) in [5.41, 5.74) is 2.21. The van der Waals surface area contributed by atoms with Crippen molar-refractivity contribution in [2.75, 3.05) is 24.2 Å². The summed E-state index contributed by atoms with van der Waals surface area (Å²) in [6, 6.07) is 14.5. The molecule has 10 heteroatoms. The van der Waals surface area contributed by atoms with Crippen LogP contribution in [-0.4, -0.2) is 52.2 Å². The van der Waals surface area contributed by atoms with Crippen LogP contribution in [-0.2, 0) is 21.9 Å². The van der Waals surface area contributed by atoms with Crippen LogP contribution < -0.4 is 5.32 Å². The van der Waals surface area contributed by atoms with Crippen molar-refractivity contribution in [3.63, 3.8) is 0 Å². The van der Waals surface area contributed by atoms with E-state index in [-0.39, 0.29) is 16.6 Å². The standard InChI is InChI=1S/C22H27N5O3S2/c1-5-27(6-2)32(29,30)18-13-12-16(3)19(14-18)23-20(28)15-31-22-25-24-21(26(22)4)17-10-8-7-9-11-17/h7-14H,5-6,15H2,1-4H3,(H,23,28). The van der Waals surface area contributed by atoms with Crippen LogP contribution in [0.4, 0.5) is 5.69 Å². The van der Waals surface area contributed by atoms with Crippen LogP contribution in [0.15, 0.2) is 58.6 Å². The highest BCUT2D eigenvalue weighted by atomic mass is 32.2. The van der Waals surface area contributed by atoms with Gasteiger partial charge in [0.15, 0.2) is 11.0 Å². The third-order valence-corrected chi connectivity index (χ3v) is 8.09. The van der Waals surface area contributed by atoms with E-state index in [0.29, 0.717) is 23.9 Å². The predicted molar refractivity (Wildman–Crippen MR) is 127 cm³/mol. The Kier molecular flexibility index (Phi) is 7.70. The molecule has 0 saturated heterocycles. The SMILES string of the molecule is CCN(CC)S(=O)(=O)c1ccc(C)c(NC(=O)CSc2nnc(-c3ccccc3)n2C)c1. The molecule has 1 amide bonds. The minimum Gasteiger partial charge on any atom is -0.325 e. The number of carbonyl (C=O) groups is 1. The number of anilines is 1. The van der Waals surface area contributed by atoms with Crippen LogP contribution in [0.5, 0.6) is 0 Å². The number of thioether (sulfide) groups is 1. The lowest BCUT2D eigenvalue weighted by atomic mass is 10.2. The number of amides is 1. The van der Waals surface area contributed by atoms with Gasteiger partial charge in [0.2, 0.25) is 15.9 Å². The van der Waals surface area contributed by atoms with Gasteiger partial charge in [-0.1, -0.05) is 62.0 Å². The Hall–Kier alpha value is -2.69. The fraction of sp³-hybridized carbons (Fsp3) is 0.318. The minimum absolute atomic E-state index is 0.118. The first-order chi connectivity index (χ1) is 15.3. The van der Waals surface area contributed by atoms with Crippen molar-refractivity contribution in [1.82, 2.24) is 19.1 Å². The normalized spacial score (nSPS) is 11.7. The molecule has 0 radical (unpaired) electrons. The number of nitrogens with one attached hydrogen (secondary N) is 1. The van der Waals surface area contributed by atoms with Crippen molar-refractivity contribution < 1.29 is 13.2 Å². The van der Waals surface area contributed by atoms with E-state index in [1.807, 2.05) is 48.9 Å². The van der Waals surface area contributed by atoms with Gasteiger partial charge in [-0.25, -0.2) is 8.42 Å². The van der Waals surface area contributed by atoms with Gasteiger partial charge in [-0.2, -0.15) is 4.31 Å². The van der Waals surface area contributed by atoms with Crippen LogP contribution in [0, 0.1) is 6.92 Å². The van der Waals surface area contributed by atoms with E-state index >= 15 is 0 Å². The summed E-state index contributed by atoms with van der Waals surface area (Å²) in [6.07, 6.45) is 0. The van der Waals surface area contributed by atoms with E-state index in [9.17, 15) is 13.2 Å². The maximum absolute atomic E-state index is 12.8. The molecule has 2 aromatic carbocycles. The monoisotopic (exact) mass is 473 g/mol. The van der Waals surface area contributed by atoms with Crippen molar-refractivity contribution in [3.05, 3.63) is 54.1 Å². The molecule has 0 aliphatic heterocycles. The molecule has 0 aliphatic carbocycles. The molecule has 0 aliphatic rings. The van der Waals surface area contributed by atoms with E-state index in [2.05, 4.69) is 15.5 Å². The number of carbonyl (C=O) groups excluding carboxylic acids is 1. The molecule has 3 aromatic rings. The van der Waals surface area contributed by atoms with Crippen molar-refractivity contribution >= 4 is 33.4 Å². The Balaban J connectivity index is 1.70. The van der Waals surface area contributed by atoms with Gasteiger partial charge in [0.1, 0.15) is 0 Å². The molecule has 32 heavy (non-hydrogen) atoms. The number of aryl methyl sites for hydroxylation is 1. The van der Waals surface area contributed by atoms with Gasteiger partial charge in [0.05, 0.1) is 10.6 Å². The maximum Gasteiger partial charge on any atom is 0.243 e. The zero-order valence-electron chi connectivity index (χ0n) is 18.6. The van der Waals surface area contributed by atoms with Gasteiger partial charge >= 0.3 is 0 Å². The highest BCUT2D eigenvalue weighted by molar-refractivity contribution is 7.99. The number of hydrogen-bond acceptors (Lipinski definition) is 6. The van der Waals surface area contributed by atoms with E-state index in [4.69, 9.17) is 0 Å². The third-order valence-electron chi connectivity index (χ3n) is 5.03. The molecule has 1 N–H and O–H groups in total. The van der Waals surface area contributed by atoms with Crippen LogP contribution >= 0.6 is 11.8 Å². The largest absolute Gasteiger partial charge is 0.325 e. The first kappa shape index (κ1) is 24.0. The smallest absolute Gasteiger partial charge is 0.243 e. The summed E-state index contributed by atoms with van der Waals surface area (Å²) in [7, 11) is -1.75. The number of hydrogen-bond donors (Lipinski definition) is 1. The van der Waals surface area contributed by atoms with Crippen molar-refractivity contribution in [2.45, 2.75) is 30.8 Å². The molecule has 0 spiro atoms. The fourth-order valence-corrected chi connectivity index (χ4v) is 5.40. The average molecular weight is 474 g/mol. The summed E-state index contributed by atoms with van der Waals surface area (Å²) in [4.78, 5) is 12.7. The molecular formula is C22H27N5O3S2. The van der Waals surface area contributed by atoms with E-state index in [0.717, 1.165) is 17.0 Å². The second-order valence-electron chi connectivity index (χ2n) is 7.13. The maximum atomic E-state index is 12.8. The van der Waals surface area contributed by atoms with Crippen LogP contribution in [0.3, 0.4) is 0 Å². The van der Waals surface area contributed by atoms with Gasteiger partial charge in [-0.3, -0.25) is 4.79 Å². The predicted octanol–water partition coefficient (Wildman–Crippen LogP) is 3.55. The Morgan fingerprint density at radius 2 is 1.78 bits per heavy atom. The summed E-state index contributed by atoms with van der Waals surface area (Å²) >= 11 is 1.27. The summed E-state index contributed by atoms with van der Waals surface area (Å²) in [5.74, 6) is 0.589. The summed E-state index contributed by atoms with van der Waals surface area (Å²) in [6.45, 7) is 6.18. The third kappa shape index (κ3) is 5.20. The van der Waals surface area contributed by atoms with Crippen LogP contribution in [0.25, 0.3) is 11.4 Å². The molecule has 0 atom stereocenters. The molecule has 0 saturated carbocycles. The van der Waals surface area contributed by atoms with E-state index in [1.54, 1.807) is 26.0 Å². The fourth-order valence-electron chi connectivity index (χ4n) is 3.20. The zero-order chi connectivity index (χ0) is 23.3. The molecule has 0 fully saturated rings. The number of benzene rings is 2. The van der Waals surface area contributed by atoms with Gasteiger partial charge in [-0.05, 0) is 24.6 Å². The minimum atomic E-state index is -3.61. The molecule has 0 unspecified atom stereocenters. The zero-order valence-corrected chi connectivity index (χ0v) is 20.2. The van der Waals surface area contributed by atoms with E-state index in [1.165, 1.54) is 22.1 Å². The topological polar surface area (TPSA) is 97.2 Å². The second kappa shape index (κ2) is 10.3. The Bertz CT molecular complexity index is 1190. The lowest BCUT2D eigenvalue weighted by Crippen LogP contribution is -2.30. The molecule has 170 valence electrons. The highest BCUT2D eigenvalue weighted by Gasteiger charge is 2.22. The average Bonchev–Trinajstić information content (AvgIpc) is 3.15. The second-order valence-corrected chi connectivity index (χ2v) is 10.0. The van der Waals surface area contributed by atoms with E-state index < -0.39 is 10.0 Å². The first-order valence-corrected chi connectivity index (χ1v) is 12.7.